The maximum atomic E-state index is 12.9. The van der Waals surface area contributed by atoms with Crippen LogP contribution in [0.15, 0.2) is 24.3 Å². The predicted octanol–water partition coefficient (Wildman–Crippen LogP) is 12.6. The molecule has 0 aliphatic carbocycles. The lowest BCUT2D eigenvalue weighted by Gasteiger charge is -2.40. The van der Waals surface area contributed by atoms with Gasteiger partial charge in [-0.2, -0.15) is 0 Å². The molecule has 0 aromatic heterocycles. The first-order valence-electron chi connectivity index (χ1n) is 27.1. The first-order valence-corrected chi connectivity index (χ1v) is 27.1. The summed E-state index contributed by atoms with van der Waals surface area (Å²) in [6.45, 7) is 3.74. The van der Waals surface area contributed by atoms with Gasteiger partial charge in [0.25, 0.3) is 0 Å². The van der Waals surface area contributed by atoms with E-state index in [0.29, 0.717) is 6.42 Å². The first kappa shape index (κ1) is 59.7. The van der Waals surface area contributed by atoms with Crippen LogP contribution in [0.4, 0.5) is 0 Å². The van der Waals surface area contributed by atoms with E-state index in [9.17, 15) is 30.3 Å². The summed E-state index contributed by atoms with van der Waals surface area (Å²) in [4.78, 5) is 12.9. The van der Waals surface area contributed by atoms with E-state index in [-0.39, 0.29) is 12.5 Å². The molecule has 1 rings (SSSR count). The van der Waals surface area contributed by atoms with Crippen molar-refractivity contribution in [3.05, 3.63) is 24.3 Å². The molecule has 0 saturated carbocycles. The van der Waals surface area contributed by atoms with Crippen LogP contribution in [0.5, 0.6) is 0 Å². The number of rotatable bonds is 46. The fourth-order valence-electron chi connectivity index (χ4n) is 8.70. The van der Waals surface area contributed by atoms with Crippen LogP contribution in [0.3, 0.4) is 0 Å². The van der Waals surface area contributed by atoms with Crippen LogP contribution < -0.4 is 5.32 Å². The summed E-state index contributed by atoms with van der Waals surface area (Å²) in [6.07, 6.45) is 48.6. The Kier molecular flexibility index (Phi) is 42.2. The van der Waals surface area contributed by atoms with Crippen molar-refractivity contribution in [2.24, 2.45) is 0 Å². The number of ether oxygens (including phenoxy) is 2. The molecular weight excluding hydrogens is 791 g/mol. The molecule has 372 valence electrons. The van der Waals surface area contributed by atoms with Crippen molar-refractivity contribution < 1.29 is 39.8 Å². The number of unbranched alkanes of at least 4 members (excludes halogenated alkanes) is 34. The Morgan fingerprint density at radius 1 is 0.524 bits per heavy atom. The summed E-state index contributed by atoms with van der Waals surface area (Å²) in [6, 6.07) is -0.816. The Morgan fingerprint density at radius 2 is 0.905 bits per heavy atom. The first-order chi connectivity index (χ1) is 30.8. The lowest BCUT2D eigenvalue weighted by atomic mass is 9.99. The fraction of sp³-hybridized carbons (Fsp3) is 0.907. The van der Waals surface area contributed by atoms with Gasteiger partial charge in [-0.3, -0.25) is 4.79 Å². The molecule has 0 bridgehead atoms. The number of aliphatic hydroxyl groups is 5. The summed E-state index contributed by atoms with van der Waals surface area (Å²) < 4.78 is 11.2. The smallest absolute Gasteiger partial charge is 0.220 e. The van der Waals surface area contributed by atoms with Crippen LogP contribution in [0.25, 0.3) is 0 Å². The lowest BCUT2D eigenvalue weighted by molar-refractivity contribution is -0.302. The highest BCUT2D eigenvalue weighted by Gasteiger charge is 2.44. The minimum Gasteiger partial charge on any atom is -0.394 e. The lowest BCUT2D eigenvalue weighted by Crippen LogP contribution is -2.60. The number of nitrogens with one attached hydrogen (secondary N) is 1. The minimum absolute atomic E-state index is 0.190. The molecule has 63 heavy (non-hydrogen) atoms. The van der Waals surface area contributed by atoms with Gasteiger partial charge in [-0.25, -0.2) is 0 Å². The number of aliphatic hydroxyl groups excluding tert-OH is 5. The molecular formula is C54H103NO8. The van der Waals surface area contributed by atoms with Crippen molar-refractivity contribution in [1.82, 2.24) is 5.32 Å². The Balaban J connectivity index is 2.12. The van der Waals surface area contributed by atoms with Gasteiger partial charge in [-0.1, -0.05) is 244 Å². The van der Waals surface area contributed by atoms with Crippen molar-refractivity contribution >= 4 is 5.91 Å². The Morgan fingerprint density at radius 3 is 1.33 bits per heavy atom. The Hall–Kier alpha value is -1.33. The maximum Gasteiger partial charge on any atom is 0.220 e. The zero-order chi connectivity index (χ0) is 45.9. The van der Waals surface area contributed by atoms with Gasteiger partial charge >= 0.3 is 0 Å². The van der Waals surface area contributed by atoms with Gasteiger partial charge in [0.05, 0.1) is 25.4 Å². The average molecular weight is 894 g/mol. The van der Waals surface area contributed by atoms with Crippen LogP contribution in [0.1, 0.15) is 258 Å². The van der Waals surface area contributed by atoms with E-state index in [1.165, 1.54) is 199 Å². The third kappa shape index (κ3) is 34.6. The van der Waals surface area contributed by atoms with Crippen LogP contribution in [-0.4, -0.2) is 87.5 Å². The van der Waals surface area contributed by atoms with Gasteiger partial charge in [-0.05, 0) is 32.1 Å². The van der Waals surface area contributed by atoms with Crippen molar-refractivity contribution in [3.63, 3.8) is 0 Å². The number of carbonyl (C=O) groups excluding carboxylic acids is 1. The number of hydrogen-bond donors (Lipinski definition) is 6. The number of hydrogen-bond acceptors (Lipinski definition) is 8. The standard InChI is InChI=1S/C54H103NO8/c1-3-5-7-9-11-13-14-15-16-17-18-19-20-21-22-23-24-25-26-27-28-29-30-31-32-33-34-35-36-37-39-41-43-48(57)47(55-50(58)44-42-40-38-12-10-8-6-4-2)46-62-54-53(61)52(60)51(59)49(45-56)63-54/h35-36,41,43,47-49,51-54,56-57,59-61H,3-34,37-40,42,44-46H2,1-2H3,(H,55,58)/b36-35+,43-41+. The maximum absolute atomic E-state index is 12.9. The zero-order valence-electron chi connectivity index (χ0n) is 41.1. The second-order valence-electron chi connectivity index (χ2n) is 19.0. The second-order valence-corrected chi connectivity index (χ2v) is 19.0. The molecule has 0 spiro atoms. The van der Waals surface area contributed by atoms with Crippen LogP contribution >= 0.6 is 0 Å². The van der Waals surface area contributed by atoms with Gasteiger partial charge in [0.2, 0.25) is 5.91 Å². The van der Waals surface area contributed by atoms with Crippen molar-refractivity contribution in [2.45, 2.75) is 301 Å². The number of amides is 1. The molecule has 0 aromatic carbocycles. The zero-order valence-corrected chi connectivity index (χ0v) is 41.1. The van der Waals surface area contributed by atoms with E-state index < -0.39 is 49.5 Å². The number of carbonyl (C=O) groups is 1. The minimum atomic E-state index is -1.57. The van der Waals surface area contributed by atoms with Crippen molar-refractivity contribution in [1.29, 1.82) is 0 Å². The molecule has 1 heterocycles. The summed E-state index contributed by atoms with van der Waals surface area (Å²) in [5, 5.41) is 54.1. The average Bonchev–Trinajstić information content (AvgIpc) is 3.28. The van der Waals surface area contributed by atoms with E-state index in [0.717, 1.165) is 38.5 Å². The molecule has 7 atom stereocenters. The Bertz CT molecular complexity index is 1040. The molecule has 9 nitrogen and oxygen atoms in total. The van der Waals surface area contributed by atoms with Gasteiger partial charge in [-0.15, -0.1) is 0 Å². The van der Waals surface area contributed by atoms with Gasteiger partial charge in [0.15, 0.2) is 6.29 Å². The largest absolute Gasteiger partial charge is 0.394 e. The second kappa shape index (κ2) is 44.5. The van der Waals surface area contributed by atoms with E-state index >= 15 is 0 Å². The van der Waals surface area contributed by atoms with Crippen LogP contribution in [-0.2, 0) is 14.3 Å². The van der Waals surface area contributed by atoms with Gasteiger partial charge < -0.3 is 40.3 Å². The van der Waals surface area contributed by atoms with E-state index in [1.54, 1.807) is 6.08 Å². The molecule has 7 unspecified atom stereocenters. The van der Waals surface area contributed by atoms with E-state index in [4.69, 9.17) is 9.47 Å². The highest BCUT2D eigenvalue weighted by Crippen LogP contribution is 2.23. The van der Waals surface area contributed by atoms with E-state index in [2.05, 4.69) is 31.3 Å². The predicted molar refractivity (Wildman–Crippen MR) is 263 cm³/mol. The third-order valence-corrected chi connectivity index (χ3v) is 13.0. The quantitative estimate of drug-likeness (QED) is 0.0261. The van der Waals surface area contributed by atoms with Crippen molar-refractivity contribution in [2.75, 3.05) is 13.2 Å². The SMILES string of the molecule is CCCCCCCCCCCCCCCCCCCCCCCCCCCC/C=C/CC/C=C/C(O)C(COC1OC(CO)C(O)C(O)C1O)NC(=O)CCCCCCCCCC. The molecule has 6 N–H and O–H groups in total. The van der Waals surface area contributed by atoms with Crippen LogP contribution in [0.2, 0.25) is 0 Å². The summed E-state index contributed by atoms with van der Waals surface area (Å²) in [7, 11) is 0. The summed E-state index contributed by atoms with van der Waals surface area (Å²) in [5.74, 6) is -0.190. The van der Waals surface area contributed by atoms with Gasteiger partial charge in [0, 0.05) is 6.42 Å². The molecule has 1 amide bonds. The molecule has 9 heteroatoms. The van der Waals surface area contributed by atoms with Gasteiger partial charge in [0.1, 0.15) is 24.4 Å². The molecule has 1 aliphatic heterocycles. The molecule has 1 saturated heterocycles. The Labute approximate surface area is 388 Å². The highest BCUT2D eigenvalue weighted by molar-refractivity contribution is 5.76. The fourth-order valence-corrected chi connectivity index (χ4v) is 8.70. The topological polar surface area (TPSA) is 149 Å². The monoisotopic (exact) mass is 894 g/mol. The van der Waals surface area contributed by atoms with E-state index in [1.807, 2.05) is 6.08 Å². The third-order valence-electron chi connectivity index (χ3n) is 13.0. The summed E-state index contributed by atoms with van der Waals surface area (Å²) >= 11 is 0. The molecule has 1 fully saturated rings. The molecule has 0 radical (unpaired) electrons. The van der Waals surface area contributed by atoms with Crippen molar-refractivity contribution in [3.8, 4) is 0 Å². The van der Waals surface area contributed by atoms with Crippen LogP contribution in [0, 0.1) is 0 Å². The molecule has 0 aromatic rings. The molecule has 1 aliphatic rings. The summed E-state index contributed by atoms with van der Waals surface area (Å²) in [5.41, 5.74) is 0. The normalized spacial score (nSPS) is 20.3. The highest BCUT2D eigenvalue weighted by atomic mass is 16.7. The number of allylic oxidation sites excluding steroid dienone is 3.